The van der Waals surface area contributed by atoms with Crippen molar-refractivity contribution in [2.75, 3.05) is 17.3 Å². The normalized spacial score (nSPS) is 10.8. The molecule has 112 valence electrons. The maximum absolute atomic E-state index is 11.1. The largest absolute Gasteiger partial charge is 0.382 e. The molecule has 0 saturated heterocycles. The van der Waals surface area contributed by atoms with Crippen LogP contribution in [0.3, 0.4) is 0 Å². The Morgan fingerprint density at radius 1 is 1.32 bits per heavy atom. The van der Waals surface area contributed by atoms with Gasteiger partial charge in [-0.3, -0.25) is 9.20 Å². The minimum atomic E-state index is -0.0988. The molecule has 0 aliphatic rings. The summed E-state index contributed by atoms with van der Waals surface area (Å²) in [6.07, 6.45) is 5.47. The molecule has 6 nitrogen and oxygen atoms in total. The minimum Gasteiger partial charge on any atom is -0.382 e. The van der Waals surface area contributed by atoms with E-state index in [1.165, 1.54) is 6.92 Å². The molecular weight excluding hydrogens is 298 g/mol. The first kappa shape index (κ1) is 14.4. The van der Waals surface area contributed by atoms with E-state index >= 15 is 0 Å². The molecule has 3 aromatic rings. The second-order valence-electron chi connectivity index (χ2n) is 4.74. The van der Waals surface area contributed by atoms with E-state index in [2.05, 4.69) is 15.3 Å². The Labute approximate surface area is 131 Å². The summed E-state index contributed by atoms with van der Waals surface area (Å²) in [6.45, 7) is 1.48. The van der Waals surface area contributed by atoms with Gasteiger partial charge in [0.05, 0.1) is 0 Å². The second kappa shape index (κ2) is 5.69. The van der Waals surface area contributed by atoms with Crippen molar-refractivity contribution < 1.29 is 4.79 Å². The Kier molecular flexibility index (Phi) is 3.72. The third kappa shape index (κ3) is 2.50. The molecular formula is C15H15N5OS. The van der Waals surface area contributed by atoms with Crippen LogP contribution < -0.4 is 11.1 Å². The van der Waals surface area contributed by atoms with Gasteiger partial charge >= 0.3 is 0 Å². The fourth-order valence-corrected chi connectivity index (χ4v) is 2.83. The number of imidazole rings is 1. The number of nitrogen functional groups attached to an aromatic ring is 1. The molecule has 0 radical (unpaired) electrons. The summed E-state index contributed by atoms with van der Waals surface area (Å²) < 4.78 is 1.93. The Hall–Kier alpha value is -2.54. The quantitative estimate of drug-likeness (QED) is 0.726. The number of thioether (sulfide) groups is 1. The smallest absolute Gasteiger partial charge is 0.221 e. The van der Waals surface area contributed by atoms with Crippen molar-refractivity contribution in [1.29, 1.82) is 0 Å². The molecule has 2 heterocycles. The molecule has 3 rings (SSSR count). The van der Waals surface area contributed by atoms with Crippen molar-refractivity contribution in [3.63, 3.8) is 0 Å². The van der Waals surface area contributed by atoms with Gasteiger partial charge in [0.15, 0.2) is 5.16 Å². The van der Waals surface area contributed by atoms with Crippen molar-refractivity contribution in [3.8, 4) is 11.3 Å². The van der Waals surface area contributed by atoms with Crippen LogP contribution in [0.2, 0.25) is 0 Å². The lowest BCUT2D eigenvalue weighted by atomic mass is 10.1. The number of nitrogens with one attached hydrogen (secondary N) is 1. The predicted molar refractivity (Wildman–Crippen MR) is 88.9 cm³/mol. The Balaban J connectivity index is 2.12. The van der Waals surface area contributed by atoms with Gasteiger partial charge < -0.3 is 11.1 Å². The van der Waals surface area contributed by atoms with E-state index in [1.54, 1.807) is 18.0 Å². The number of amides is 1. The van der Waals surface area contributed by atoms with Gasteiger partial charge in [-0.1, -0.05) is 23.9 Å². The van der Waals surface area contributed by atoms with E-state index in [4.69, 9.17) is 5.73 Å². The third-order valence-corrected chi connectivity index (χ3v) is 3.87. The number of fused-ring (bicyclic) bond motifs is 1. The topological polar surface area (TPSA) is 85.3 Å². The molecule has 0 unspecified atom stereocenters. The molecule has 0 bridgehead atoms. The fourth-order valence-electron chi connectivity index (χ4n) is 2.30. The van der Waals surface area contributed by atoms with Crippen molar-refractivity contribution in [2.45, 2.75) is 12.1 Å². The van der Waals surface area contributed by atoms with Gasteiger partial charge in [0.1, 0.15) is 17.0 Å². The van der Waals surface area contributed by atoms with Crippen molar-refractivity contribution in [1.82, 2.24) is 14.4 Å². The number of nitrogens with two attached hydrogens (primary N) is 1. The fraction of sp³-hybridized carbons (Fsp3) is 0.133. The van der Waals surface area contributed by atoms with Crippen LogP contribution in [0.4, 0.5) is 11.5 Å². The lowest BCUT2D eigenvalue weighted by Gasteiger charge is -2.04. The molecule has 0 aliphatic heterocycles. The summed E-state index contributed by atoms with van der Waals surface area (Å²) in [6, 6.07) is 7.49. The van der Waals surface area contributed by atoms with Crippen LogP contribution in [0.5, 0.6) is 0 Å². The van der Waals surface area contributed by atoms with Crippen LogP contribution in [0.1, 0.15) is 6.92 Å². The Morgan fingerprint density at radius 3 is 2.68 bits per heavy atom. The van der Waals surface area contributed by atoms with E-state index in [9.17, 15) is 4.79 Å². The molecule has 22 heavy (non-hydrogen) atoms. The number of hydrogen-bond donors (Lipinski definition) is 2. The van der Waals surface area contributed by atoms with Crippen LogP contribution in [0.15, 0.2) is 41.8 Å². The third-order valence-electron chi connectivity index (χ3n) is 3.21. The van der Waals surface area contributed by atoms with Gasteiger partial charge in [-0.25, -0.2) is 9.97 Å². The number of hydrogen-bond acceptors (Lipinski definition) is 5. The van der Waals surface area contributed by atoms with Gasteiger partial charge in [-0.2, -0.15) is 0 Å². The Bertz CT molecular complexity index is 841. The first-order chi connectivity index (χ1) is 10.6. The van der Waals surface area contributed by atoms with E-state index < -0.39 is 0 Å². The highest BCUT2D eigenvalue weighted by Crippen LogP contribution is 2.31. The van der Waals surface area contributed by atoms with Crippen LogP contribution >= 0.6 is 11.8 Å². The lowest BCUT2D eigenvalue weighted by molar-refractivity contribution is -0.114. The van der Waals surface area contributed by atoms with E-state index in [1.807, 2.05) is 41.1 Å². The standard InChI is InChI=1S/C15H15N5OS/c1-9(21)18-11-5-3-10(4-6-11)12-13-14(16)17-7-8-20(13)15(19-12)22-2/h3-8H,1-2H3,(H2,16,17)(H,18,21). The number of carbonyl (C=O) groups is 1. The molecule has 3 N–H and O–H groups in total. The van der Waals surface area contributed by atoms with Gasteiger partial charge in [0.25, 0.3) is 0 Å². The maximum atomic E-state index is 11.1. The van der Waals surface area contributed by atoms with Gasteiger partial charge in [0, 0.05) is 30.6 Å². The molecule has 0 aliphatic carbocycles. The van der Waals surface area contributed by atoms with Gasteiger partial charge in [0.2, 0.25) is 5.91 Å². The predicted octanol–water partition coefficient (Wildman–Crippen LogP) is 2.66. The molecule has 0 saturated carbocycles. The summed E-state index contributed by atoms with van der Waals surface area (Å²) in [5.74, 6) is 0.342. The molecule has 0 fully saturated rings. The molecule has 1 aromatic carbocycles. The minimum absolute atomic E-state index is 0.0988. The average Bonchev–Trinajstić information content (AvgIpc) is 2.88. The zero-order valence-corrected chi connectivity index (χ0v) is 13.0. The number of carbonyl (C=O) groups excluding carboxylic acids is 1. The first-order valence-electron chi connectivity index (χ1n) is 6.64. The average molecular weight is 313 g/mol. The SMILES string of the molecule is CSc1nc(-c2ccc(NC(C)=O)cc2)c2c(N)nccn12. The zero-order valence-electron chi connectivity index (χ0n) is 12.2. The summed E-state index contributed by atoms with van der Waals surface area (Å²) in [7, 11) is 0. The van der Waals surface area contributed by atoms with E-state index in [-0.39, 0.29) is 5.91 Å². The van der Waals surface area contributed by atoms with E-state index in [0.717, 1.165) is 27.6 Å². The van der Waals surface area contributed by atoms with Crippen molar-refractivity contribution in [2.24, 2.45) is 0 Å². The highest BCUT2D eigenvalue weighted by Gasteiger charge is 2.15. The Morgan fingerprint density at radius 2 is 2.05 bits per heavy atom. The first-order valence-corrected chi connectivity index (χ1v) is 7.87. The summed E-state index contributed by atoms with van der Waals surface area (Å²) in [4.78, 5) is 19.9. The number of anilines is 2. The molecule has 1 amide bonds. The summed E-state index contributed by atoms with van der Waals surface area (Å²) in [5.41, 5.74) is 9.26. The monoisotopic (exact) mass is 313 g/mol. The van der Waals surface area contributed by atoms with Gasteiger partial charge in [-0.15, -0.1) is 0 Å². The molecule has 2 aromatic heterocycles. The van der Waals surface area contributed by atoms with Gasteiger partial charge in [-0.05, 0) is 18.4 Å². The van der Waals surface area contributed by atoms with Crippen LogP contribution in [-0.4, -0.2) is 26.5 Å². The summed E-state index contributed by atoms with van der Waals surface area (Å²) in [5, 5.41) is 3.59. The van der Waals surface area contributed by atoms with Crippen LogP contribution in [-0.2, 0) is 4.79 Å². The van der Waals surface area contributed by atoms with E-state index in [0.29, 0.717) is 5.82 Å². The van der Waals surface area contributed by atoms with Crippen LogP contribution in [0, 0.1) is 0 Å². The number of nitrogens with zero attached hydrogens (tertiary/aromatic N) is 3. The molecule has 0 spiro atoms. The van der Waals surface area contributed by atoms with Crippen molar-refractivity contribution in [3.05, 3.63) is 36.7 Å². The molecule has 7 heteroatoms. The van der Waals surface area contributed by atoms with Crippen molar-refractivity contribution >= 4 is 34.7 Å². The maximum Gasteiger partial charge on any atom is 0.221 e. The molecule has 0 atom stereocenters. The number of aromatic nitrogens is 3. The number of benzene rings is 1. The zero-order chi connectivity index (χ0) is 15.7. The highest BCUT2D eigenvalue weighted by atomic mass is 32.2. The second-order valence-corrected chi connectivity index (χ2v) is 5.51. The summed E-state index contributed by atoms with van der Waals surface area (Å²) >= 11 is 1.55. The number of rotatable bonds is 3. The highest BCUT2D eigenvalue weighted by molar-refractivity contribution is 7.98. The van der Waals surface area contributed by atoms with Crippen LogP contribution in [0.25, 0.3) is 16.8 Å². The lowest BCUT2D eigenvalue weighted by Crippen LogP contribution is -2.05.